The Labute approximate surface area is 178 Å². The number of methoxy groups -OCH3 is 3. The molecule has 0 unspecified atom stereocenters. The van der Waals surface area contributed by atoms with E-state index in [9.17, 15) is 22.8 Å². The van der Waals surface area contributed by atoms with Crippen molar-refractivity contribution in [1.82, 2.24) is 4.90 Å². The Bertz CT molecular complexity index is 943. The third-order valence-electron chi connectivity index (χ3n) is 4.78. The first-order valence-corrected chi connectivity index (χ1v) is 9.42. The molecule has 0 bridgehead atoms. The first-order valence-electron chi connectivity index (χ1n) is 9.42. The predicted molar refractivity (Wildman–Crippen MR) is 108 cm³/mol. The number of benzene rings is 2. The van der Waals surface area contributed by atoms with Gasteiger partial charge in [0.2, 0.25) is 0 Å². The smallest absolute Gasteiger partial charge is 0.417 e. The maximum absolute atomic E-state index is 14.2. The Morgan fingerprint density at radius 3 is 2.19 bits per heavy atom. The van der Waals surface area contributed by atoms with Gasteiger partial charge in [-0.25, -0.2) is 4.79 Å². The highest BCUT2D eigenvalue weighted by Crippen LogP contribution is 2.45. The predicted octanol–water partition coefficient (Wildman–Crippen LogP) is 4.68. The van der Waals surface area contributed by atoms with Gasteiger partial charge < -0.3 is 19.1 Å². The van der Waals surface area contributed by atoms with Gasteiger partial charge in [-0.15, -0.1) is 0 Å². The molecule has 0 aliphatic carbocycles. The van der Waals surface area contributed by atoms with Crippen LogP contribution in [-0.2, 0) is 33.4 Å². The van der Waals surface area contributed by atoms with Crippen LogP contribution in [0.2, 0.25) is 0 Å². The van der Waals surface area contributed by atoms with Gasteiger partial charge in [0.05, 0.1) is 33.3 Å². The van der Waals surface area contributed by atoms with Crippen molar-refractivity contribution in [3.05, 3.63) is 53.1 Å². The number of carbonyl (C=O) groups is 2. The molecule has 2 rings (SSSR count). The van der Waals surface area contributed by atoms with Crippen molar-refractivity contribution in [2.75, 3.05) is 27.9 Å². The summed E-state index contributed by atoms with van der Waals surface area (Å²) in [4.78, 5) is 25.1. The van der Waals surface area contributed by atoms with Gasteiger partial charge in [0.1, 0.15) is 5.75 Å². The van der Waals surface area contributed by atoms with Crippen LogP contribution in [0.3, 0.4) is 0 Å². The largest absolute Gasteiger partial charge is 0.496 e. The lowest BCUT2D eigenvalue weighted by Crippen LogP contribution is -2.30. The zero-order valence-corrected chi connectivity index (χ0v) is 17.7. The fourth-order valence-electron chi connectivity index (χ4n) is 3.31. The second-order valence-corrected chi connectivity index (χ2v) is 6.57. The Morgan fingerprint density at radius 1 is 0.968 bits per heavy atom. The number of halogens is 3. The minimum atomic E-state index is -4.77. The number of carbonyl (C=O) groups excluding carboxylic acids is 2. The van der Waals surface area contributed by atoms with E-state index >= 15 is 0 Å². The summed E-state index contributed by atoms with van der Waals surface area (Å²) in [5, 5.41) is 0. The van der Waals surface area contributed by atoms with Crippen LogP contribution in [-0.4, -0.2) is 44.8 Å². The van der Waals surface area contributed by atoms with E-state index in [4.69, 9.17) is 9.47 Å². The Morgan fingerprint density at radius 2 is 1.65 bits per heavy atom. The lowest BCUT2D eigenvalue weighted by Gasteiger charge is -2.24. The SMILES string of the molecule is CCN(Cc1ccccc1-c1c(OC)ccc(CC(=O)OC)c1C(F)(F)F)C(=O)OC. The second kappa shape index (κ2) is 10.2. The molecular weight excluding hydrogens is 415 g/mol. The van der Waals surface area contributed by atoms with Crippen molar-refractivity contribution in [1.29, 1.82) is 0 Å². The molecule has 0 spiro atoms. The molecule has 0 saturated heterocycles. The zero-order chi connectivity index (χ0) is 23.2. The van der Waals surface area contributed by atoms with Crippen molar-refractivity contribution in [2.45, 2.75) is 26.1 Å². The topological polar surface area (TPSA) is 65.1 Å². The number of hydrogen-bond acceptors (Lipinski definition) is 5. The number of esters is 1. The summed E-state index contributed by atoms with van der Waals surface area (Å²) in [6.45, 7) is 2.06. The summed E-state index contributed by atoms with van der Waals surface area (Å²) in [7, 11) is 3.62. The summed E-state index contributed by atoms with van der Waals surface area (Å²) >= 11 is 0. The van der Waals surface area contributed by atoms with Gasteiger partial charge in [-0.3, -0.25) is 4.79 Å². The standard InChI is InChI=1S/C22H24F3NO5/c1-5-26(21(28)31-4)13-15-8-6-7-9-16(15)19-17(29-2)11-10-14(12-18(27)30-3)20(19)22(23,24)25/h6-11H,5,12-13H2,1-4H3. The molecule has 0 aromatic heterocycles. The monoisotopic (exact) mass is 439 g/mol. The molecule has 168 valence electrons. The molecule has 31 heavy (non-hydrogen) atoms. The molecule has 2 aromatic rings. The van der Waals surface area contributed by atoms with Gasteiger partial charge in [-0.1, -0.05) is 30.3 Å². The average Bonchev–Trinajstić information content (AvgIpc) is 2.75. The van der Waals surface area contributed by atoms with Crippen LogP contribution in [0.1, 0.15) is 23.6 Å². The molecule has 9 heteroatoms. The molecule has 0 fully saturated rings. The third kappa shape index (κ3) is 5.48. The van der Waals surface area contributed by atoms with Crippen molar-refractivity contribution in [3.63, 3.8) is 0 Å². The first-order chi connectivity index (χ1) is 14.7. The van der Waals surface area contributed by atoms with Crippen molar-refractivity contribution in [2.24, 2.45) is 0 Å². The molecule has 6 nitrogen and oxygen atoms in total. The van der Waals surface area contributed by atoms with E-state index in [1.54, 1.807) is 25.1 Å². The normalized spacial score (nSPS) is 11.1. The fourth-order valence-corrected chi connectivity index (χ4v) is 3.31. The fraction of sp³-hybridized carbons (Fsp3) is 0.364. The summed E-state index contributed by atoms with van der Waals surface area (Å²) in [5.41, 5.74) is -0.710. The van der Waals surface area contributed by atoms with Crippen LogP contribution in [0, 0.1) is 0 Å². The maximum Gasteiger partial charge on any atom is 0.417 e. The minimum Gasteiger partial charge on any atom is -0.496 e. The Balaban J connectivity index is 2.77. The van der Waals surface area contributed by atoms with Gasteiger partial charge in [-0.05, 0) is 29.7 Å². The molecule has 0 saturated carbocycles. The molecule has 1 amide bonds. The summed E-state index contributed by atoms with van der Waals surface area (Å²) < 4.78 is 57.2. The van der Waals surface area contributed by atoms with E-state index in [0.29, 0.717) is 12.1 Å². The summed E-state index contributed by atoms with van der Waals surface area (Å²) in [6, 6.07) is 9.01. The molecule has 2 aromatic carbocycles. The van der Waals surface area contributed by atoms with Crippen molar-refractivity contribution < 1.29 is 37.0 Å². The van der Waals surface area contributed by atoms with E-state index in [0.717, 1.165) is 7.11 Å². The first kappa shape index (κ1) is 24.0. The number of alkyl halides is 3. The molecule has 0 N–H and O–H groups in total. The number of rotatable bonds is 7. The summed E-state index contributed by atoms with van der Waals surface area (Å²) in [6.07, 6.45) is -5.92. The van der Waals surface area contributed by atoms with E-state index in [-0.39, 0.29) is 29.0 Å². The van der Waals surface area contributed by atoms with Crippen molar-refractivity contribution in [3.8, 4) is 16.9 Å². The molecule has 0 heterocycles. The van der Waals surface area contributed by atoms with E-state index in [2.05, 4.69) is 4.74 Å². The van der Waals surface area contributed by atoms with Gasteiger partial charge in [0.25, 0.3) is 0 Å². The van der Waals surface area contributed by atoms with E-state index in [1.807, 2.05) is 0 Å². The molecular formula is C22H24F3NO5. The zero-order valence-electron chi connectivity index (χ0n) is 17.7. The highest BCUT2D eigenvalue weighted by Gasteiger charge is 2.39. The molecule has 0 aliphatic rings. The Hall–Kier alpha value is -3.23. The average molecular weight is 439 g/mol. The summed E-state index contributed by atoms with van der Waals surface area (Å²) in [5.74, 6) is -0.799. The van der Waals surface area contributed by atoms with Gasteiger partial charge in [-0.2, -0.15) is 13.2 Å². The third-order valence-corrected chi connectivity index (χ3v) is 4.78. The number of ether oxygens (including phenoxy) is 3. The van der Waals surface area contributed by atoms with Crippen LogP contribution in [0.4, 0.5) is 18.0 Å². The molecule has 0 radical (unpaired) electrons. The van der Waals surface area contributed by atoms with E-state index in [1.165, 1.54) is 37.3 Å². The van der Waals surface area contributed by atoms with E-state index < -0.39 is 30.2 Å². The Kier molecular flexibility index (Phi) is 7.90. The van der Waals surface area contributed by atoms with Crippen molar-refractivity contribution >= 4 is 12.1 Å². The van der Waals surface area contributed by atoms with Gasteiger partial charge in [0.15, 0.2) is 0 Å². The molecule has 0 aliphatic heterocycles. The van der Waals surface area contributed by atoms with Crippen LogP contribution >= 0.6 is 0 Å². The number of hydrogen-bond donors (Lipinski definition) is 0. The van der Waals surface area contributed by atoms with Crippen LogP contribution in [0.15, 0.2) is 36.4 Å². The van der Waals surface area contributed by atoms with Crippen LogP contribution in [0.5, 0.6) is 5.75 Å². The highest BCUT2D eigenvalue weighted by molar-refractivity contribution is 5.81. The van der Waals surface area contributed by atoms with Crippen LogP contribution in [0.25, 0.3) is 11.1 Å². The van der Waals surface area contributed by atoms with Gasteiger partial charge >= 0.3 is 18.2 Å². The number of amides is 1. The highest BCUT2D eigenvalue weighted by atomic mass is 19.4. The minimum absolute atomic E-state index is 0.00509. The lowest BCUT2D eigenvalue weighted by molar-refractivity contribution is -0.141. The number of nitrogens with zero attached hydrogens (tertiary/aromatic N) is 1. The van der Waals surface area contributed by atoms with Crippen LogP contribution < -0.4 is 4.74 Å². The van der Waals surface area contributed by atoms with Gasteiger partial charge in [0, 0.05) is 18.7 Å². The maximum atomic E-state index is 14.2. The lowest BCUT2D eigenvalue weighted by atomic mass is 9.89. The second-order valence-electron chi connectivity index (χ2n) is 6.57. The quantitative estimate of drug-likeness (QED) is 0.586. The molecule has 0 atom stereocenters.